The number of aromatic carboxylic acids is 1. The van der Waals surface area contributed by atoms with Crippen LogP contribution in [-0.2, 0) is 0 Å². The van der Waals surface area contributed by atoms with E-state index in [9.17, 15) is 4.79 Å². The highest BCUT2D eigenvalue weighted by molar-refractivity contribution is 5.89. The third kappa shape index (κ3) is 3.28. The van der Waals surface area contributed by atoms with Gasteiger partial charge in [0.05, 0.1) is 11.7 Å². The fraction of sp³-hybridized carbons (Fsp3) is 0.562. The van der Waals surface area contributed by atoms with E-state index in [0.29, 0.717) is 11.5 Å². The van der Waals surface area contributed by atoms with Gasteiger partial charge >= 0.3 is 5.97 Å². The van der Waals surface area contributed by atoms with Crippen LogP contribution in [0.2, 0.25) is 0 Å². The van der Waals surface area contributed by atoms with Crippen molar-refractivity contribution in [3.05, 3.63) is 29.3 Å². The fourth-order valence-electron chi connectivity index (χ4n) is 2.75. The van der Waals surface area contributed by atoms with Crippen LogP contribution in [-0.4, -0.2) is 17.2 Å². The van der Waals surface area contributed by atoms with E-state index in [-0.39, 0.29) is 6.10 Å². The van der Waals surface area contributed by atoms with E-state index in [1.165, 1.54) is 6.42 Å². The largest absolute Gasteiger partial charge is 0.490 e. The number of aryl methyl sites for hydroxylation is 1. The molecule has 3 unspecified atom stereocenters. The van der Waals surface area contributed by atoms with E-state index in [0.717, 1.165) is 30.1 Å². The van der Waals surface area contributed by atoms with E-state index in [2.05, 4.69) is 13.8 Å². The number of carbonyl (C=O) groups is 1. The zero-order valence-corrected chi connectivity index (χ0v) is 11.8. The van der Waals surface area contributed by atoms with Crippen molar-refractivity contribution in [3.8, 4) is 5.75 Å². The standard InChI is InChI=1S/C16H22O3/c1-10-4-5-13(8-11(10)2)19-14-6-7-15(16(17)18)12(3)9-14/h6-7,9-11,13H,4-5,8H2,1-3H3,(H,17,18). The fourth-order valence-corrected chi connectivity index (χ4v) is 2.75. The Balaban J connectivity index is 2.04. The average molecular weight is 262 g/mol. The molecule has 0 bridgehead atoms. The molecule has 1 N–H and O–H groups in total. The topological polar surface area (TPSA) is 46.5 Å². The molecule has 1 fully saturated rings. The molecule has 0 spiro atoms. The van der Waals surface area contributed by atoms with E-state index in [1.54, 1.807) is 12.1 Å². The number of ether oxygens (including phenoxy) is 1. The van der Waals surface area contributed by atoms with Crippen molar-refractivity contribution in [1.82, 2.24) is 0 Å². The summed E-state index contributed by atoms with van der Waals surface area (Å²) >= 11 is 0. The summed E-state index contributed by atoms with van der Waals surface area (Å²) in [7, 11) is 0. The second-order valence-electron chi connectivity index (χ2n) is 5.79. The maximum absolute atomic E-state index is 11.0. The van der Waals surface area contributed by atoms with Gasteiger partial charge in [-0.1, -0.05) is 13.8 Å². The van der Waals surface area contributed by atoms with Gasteiger partial charge in [0, 0.05) is 0 Å². The van der Waals surface area contributed by atoms with Crippen LogP contribution < -0.4 is 4.74 Å². The summed E-state index contributed by atoms with van der Waals surface area (Å²) in [6.45, 7) is 6.38. The van der Waals surface area contributed by atoms with Gasteiger partial charge < -0.3 is 9.84 Å². The van der Waals surface area contributed by atoms with Crippen molar-refractivity contribution >= 4 is 5.97 Å². The molecule has 1 aliphatic carbocycles. The summed E-state index contributed by atoms with van der Waals surface area (Å²) in [6.07, 6.45) is 3.64. The molecule has 3 heteroatoms. The van der Waals surface area contributed by atoms with Gasteiger partial charge in [-0.05, 0) is 61.8 Å². The van der Waals surface area contributed by atoms with Gasteiger partial charge in [0.1, 0.15) is 5.75 Å². The van der Waals surface area contributed by atoms with Gasteiger partial charge in [0.25, 0.3) is 0 Å². The molecule has 1 aromatic rings. The van der Waals surface area contributed by atoms with Gasteiger partial charge in [-0.15, -0.1) is 0 Å². The number of hydrogen-bond donors (Lipinski definition) is 1. The van der Waals surface area contributed by atoms with Crippen molar-refractivity contribution < 1.29 is 14.6 Å². The molecule has 0 saturated heterocycles. The van der Waals surface area contributed by atoms with Crippen LogP contribution in [0, 0.1) is 18.8 Å². The lowest BCUT2D eigenvalue weighted by atomic mass is 9.80. The van der Waals surface area contributed by atoms with Crippen molar-refractivity contribution in [3.63, 3.8) is 0 Å². The van der Waals surface area contributed by atoms with Gasteiger partial charge in [0.2, 0.25) is 0 Å². The van der Waals surface area contributed by atoms with E-state index < -0.39 is 5.97 Å². The molecule has 0 radical (unpaired) electrons. The molecule has 2 rings (SSSR count). The Bertz CT molecular complexity index is 467. The number of hydrogen-bond acceptors (Lipinski definition) is 2. The van der Waals surface area contributed by atoms with Gasteiger partial charge in [-0.25, -0.2) is 4.79 Å². The van der Waals surface area contributed by atoms with Crippen LogP contribution in [0.1, 0.15) is 49.0 Å². The number of carboxylic acids is 1. The van der Waals surface area contributed by atoms with Crippen molar-refractivity contribution in [2.75, 3.05) is 0 Å². The first-order chi connectivity index (χ1) is 8.97. The minimum atomic E-state index is -0.885. The second kappa shape index (κ2) is 5.64. The molecule has 0 aromatic heterocycles. The lowest BCUT2D eigenvalue weighted by molar-refractivity contribution is 0.0696. The number of carboxylic acid groups (broad SMARTS) is 1. The first kappa shape index (κ1) is 13.9. The van der Waals surface area contributed by atoms with Crippen LogP contribution >= 0.6 is 0 Å². The minimum absolute atomic E-state index is 0.265. The van der Waals surface area contributed by atoms with E-state index in [4.69, 9.17) is 9.84 Å². The number of benzene rings is 1. The van der Waals surface area contributed by atoms with Gasteiger partial charge in [-0.3, -0.25) is 0 Å². The first-order valence-electron chi connectivity index (χ1n) is 6.98. The van der Waals surface area contributed by atoms with Crippen molar-refractivity contribution in [2.45, 2.75) is 46.1 Å². The lowest BCUT2D eigenvalue weighted by Gasteiger charge is -2.32. The maximum atomic E-state index is 11.0. The molecular formula is C16H22O3. The summed E-state index contributed by atoms with van der Waals surface area (Å²) in [4.78, 5) is 11.0. The molecule has 0 amide bonds. The molecule has 0 aliphatic heterocycles. The molecule has 3 atom stereocenters. The monoisotopic (exact) mass is 262 g/mol. The SMILES string of the molecule is Cc1cc(OC2CCC(C)C(C)C2)ccc1C(=O)O. The van der Waals surface area contributed by atoms with Crippen LogP contribution in [0.3, 0.4) is 0 Å². The molecule has 19 heavy (non-hydrogen) atoms. The third-order valence-electron chi connectivity index (χ3n) is 4.28. The lowest BCUT2D eigenvalue weighted by Crippen LogP contribution is -2.28. The highest BCUT2D eigenvalue weighted by Crippen LogP contribution is 2.32. The second-order valence-corrected chi connectivity index (χ2v) is 5.79. The average Bonchev–Trinajstić information content (AvgIpc) is 2.33. The summed E-state index contributed by atoms with van der Waals surface area (Å²) in [6, 6.07) is 5.22. The van der Waals surface area contributed by atoms with Crippen LogP contribution in [0.5, 0.6) is 5.75 Å². The molecule has 1 aromatic carbocycles. The molecule has 1 saturated carbocycles. The maximum Gasteiger partial charge on any atom is 0.335 e. The Morgan fingerprint density at radius 3 is 2.58 bits per heavy atom. The van der Waals surface area contributed by atoms with Crippen molar-refractivity contribution in [2.24, 2.45) is 11.8 Å². The summed E-state index contributed by atoms with van der Waals surface area (Å²) < 4.78 is 6.00. The molecule has 1 aliphatic rings. The third-order valence-corrected chi connectivity index (χ3v) is 4.28. The van der Waals surface area contributed by atoms with E-state index >= 15 is 0 Å². The van der Waals surface area contributed by atoms with Crippen molar-refractivity contribution in [1.29, 1.82) is 0 Å². The first-order valence-corrected chi connectivity index (χ1v) is 6.98. The Hall–Kier alpha value is -1.51. The quantitative estimate of drug-likeness (QED) is 0.898. The van der Waals surface area contributed by atoms with E-state index in [1.807, 2.05) is 13.0 Å². The van der Waals surface area contributed by atoms with Crippen LogP contribution in [0.4, 0.5) is 0 Å². The van der Waals surface area contributed by atoms with Crippen LogP contribution in [0.25, 0.3) is 0 Å². The molecular weight excluding hydrogens is 240 g/mol. The molecule has 104 valence electrons. The van der Waals surface area contributed by atoms with Crippen LogP contribution in [0.15, 0.2) is 18.2 Å². The molecule has 0 heterocycles. The summed E-state index contributed by atoms with van der Waals surface area (Å²) in [5, 5.41) is 9.00. The minimum Gasteiger partial charge on any atom is -0.490 e. The Morgan fingerprint density at radius 1 is 1.26 bits per heavy atom. The Kier molecular flexibility index (Phi) is 4.13. The van der Waals surface area contributed by atoms with Gasteiger partial charge in [0.15, 0.2) is 0 Å². The Morgan fingerprint density at radius 2 is 2.00 bits per heavy atom. The van der Waals surface area contributed by atoms with Gasteiger partial charge in [-0.2, -0.15) is 0 Å². The number of rotatable bonds is 3. The Labute approximate surface area is 114 Å². The smallest absolute Gasteiger partial charge is 0.335 e. The summed E-state index contributed by atoms with van der Waals surface area (Å²) in [5.41, 5.74) is 1.10. The predicted molar refractivity (Wildman–Crippen MR) is 74.7 cm³/mol. The normalized spacial score (nSPS) is 27.0. The highest BCUT2D eigenvalue weighted by Gasteiger charge is 2.25. The molecule has 3 nitrogen and oxygen atoms in total. The highest BCUT2D eigenvalue weighted by atomic mass is 16.5. The predicted octanol–water partition coefficient (Wildman–Crippen LogP) is 3.90. The zero-order chi connectivity index (χ0) is 14.0. The summed E-state index contributed by atoms with van der Waals surface area (Å²) in [5.74, 6) is 1.37. The zero-order valence-electron chi connectivity index (χ0n) is 11.8.